The van der Waals surface area contributed by atoms with Gasteiger partial charge in [-0.25, -0.2) is 0 Å². The highest BCUT2D eigenvalue weighted by Gasteiger charge is 2.14. The maximum Gasteiger partial charge on any atom is 0.252 e. The number of benzene rings is 1. The number of aryl methyl sites for hydroxylation is 1. The predicted octanol–water partition coefficient (Wildman–Crippen LogP) is 4.73. The third kappa shape index (κ3) is 4.51. The fraction of sp³-hybridized carbons (Fsp3) is 0.208. The molecule has 0 aliphatic heterocycles. The molecule has 1 N–H and O–H groups in total. The van der Waals surface area contributed by atoms with Crippen LogP contribution in [-0.2, 0) is 6.54 Å². The molecule has 0 radical (unpaired) electrons. The zero-order chi connectivity index (χ0) is 21.8. The molecule has 158 valence electrons. The molecule has 0 spiro atoms. The van der Waals surface area contributed by atoms with Gasteiger partial charge in [-0.05, 0) is 61.9 Å². The van der Waals surface area contributed by atoms with E-state index in [1.165, 1.54) is 4.88 Å². The van der Waals surface area contributed by atoms with Gasteiger partial charge in [-0.15, -0.1) is 11.3 Å². The highest BCUT2D eigenvalue weighted by Crippen LogP contribution is 2.27. The van der Waals surface area contributed by atoms with E-state index in [-0.39, 0.29) is 5.91 Å². The van der Waals surface area contributed by atoms with Gasteiger partial charge in [0.05, 0.1) is 30.6 Å². The summed E-state index contributed by atoms with van der Waals surface area (Å²) in [6.45, 7) is 5.04. The lowest BCUT2D eigenvalue weighted by atomic mass is 10.1. The molecule has 0 aliphatic carbocycles. The fourth-order valence-corrected chi connectivity index (χ4v) is 4.21. The van der Waals surface area contributed by atoms with E-state index in [0.717, 1.165) is 39.4 Å². The lowest BCUT2D eigenvalue weighted by Crippen LogP contribution is -2.27. The fourth-order valence-electron chi connectivity index (χ4n) is 3.34. The van der Waals surface area contributed by atoms with Crippen LogP contribution >= 0.6 is 11.3 Å². The van der Waals surface area contributed by atoms with E-state index in [1.54, 1.807) is 24.6 Å². The summed E-state index contributed by atoms with van der Waals surface area (Å²) in [6.07, 6.45) is 3.57. The number of carbonyl (C=O) groups is 1. The van der Waals surface area contributed by atoms with Crippen molar-refractivity contribution in [3.8, 4) is 28.3 Å². The van der Waals surface area contributed by atoms with Crippen molar-refractivity contribution in [2.75, 3.05) is 13.7 Å². The molecular formula is C24H24N4O2S. The number of ether oxygens (including phenoxy) is 1. The first-order valence-electron chi connectivity index (χ1n) is 10.0. The number of methoxy groups -OCH3 is 1. The van der Waals surface area contributed by atoms with E-state index in [0.29, 0.717) is 13.1 Å². The van der Waals surface area contributed by atoms with Crippen LogP contribution in [0.15, 0.2) is 60.2 Å². The number of nitrogens with zero attached hydrogens (tertiary/aromatic N) is 3. The largest absolute Gasteiger partial charge is 0.497 e. The van der Waals surface area contributed by atoms with Crippen LogP contribution in [0.1, 0.15) is 20.8 Å². The molecule has 4 aromatic rings. The van der Waals surface area contributed by atoms with Crippen molar-refractivity contribution < 1.29 is 9.53 Å². The molecule has 1 aromatic carbocycles. The van der Waals surface area contributed by atoms with E-state index in [2.05, 4.69) is 10.3 Å². The summed E-state index contributed by atoms with van der Waals surface area (Å²) < 4.78 is 7.17. The minimum atomic E-state index is -0.0488. The number of aromatic nitrogens is 3. The molecular weight excluding hydrogens is 408 g/mol. The monoisotopic (exact) mass is 432 g/mol. The predicted molar refractivity (Wildman–Crippen MR) is 124 cm³/mol. The first-order chi connectivity index (χ1) is 15.1. The molecule has 0 saturated carbocycles. The van der Waals surface area contributed by atoms with Gasteiger partial charge < -0.3 is 10.1 Å². The molecule has 0 bridgehead atoms. The summed E-state index contributed by atoms with van der Waals surface area (Å²) in [7, 11) is 1.65. The molecule has 0 saturated heterocycles. The molecule has 0 atom stereocenters. The first kappa shape index (κ1) is 20.8. The van der Waals surface area contributed by atoms with Crippen LogP contribution in [0.5, 0.6) is 5.75 Å². The van der Waals surface area contributed by atoms with Gasteiger partial charge in [-0.2, -0.15) is 5.10 Å². The Morgan fingerprint density at radius 2 is 1.97 bits per heavy atom. The number of amides is 1. The van der Waals surface area contributed by atoms with Crippen LogP contribution < -0.4 is 10.1 Å². The maximum atomic E-state index is 12.6. The van der Waals surface area contributed by atoms with Crippen molar-refractivity contribution >= 4 is 17.2 Å². The molecule has 1 amide bonds. The van der Waals surface area contributed by atoms with E-state index in [4.69, 9.17) is 9.84 Å². The minimum Gasteiger partial charge on any atom is -0.497 e. The van der Waals surface area contributed by atoms with E-state index < -0.39 is 0 Å². The van der Waals surface area contributed by atoms with Crippen LogP contribution in [0, 0.1) is 13.8 Å². The first-order valence-corrected chi connectivity index (χ1v) is 10.9. The molecule has 4 rings (SSSR count). The number of thiophene rings is 1. The summed E-state index contributed by atoms with van der Waals surface area (Å²) in [4.78, 5) is 18.0. The Labute approximate surface area is 185 Å². The molecule has 7 heteroatoms. The number of hydrogen-bond acceptors (Lipinski definition) is 5. The summed E-state index contributed by atoms with van der Waals surface area (Å²) in [6, 6.07) is 13.8. The second kappa shape index (κ2) is 9.14. The van der Waals surface area contributed by atoms with Crippen molar-refractivity contribution in [1.29, 1.82) is 0 Å². The third-order valence-corrected chi connectivity index (χ3v) is 6.28. The maximum absolute atomic E-state index is 12.6. The summed E-state index contributed by atoms with van der Waals surface area (Å²) in [5.74, 6) is 0.754. The summed E-state index contributed by atoms with van der Waals surface area (Å²) in [5, 5.41) is 9.73. The van der Waals surface area contributed by atoms with Crippen LogP contribution in [0.4, 0.5) is 0 Å². The van der Waals surface area contributed by atoms with Crippen molar-refractivity contribution in [3.63, 3.8) is 0 Å². The molecule has 31 heavy (non-hydrogen) atoms. The summed E-state index contributed by atoms with van der Waals surface area (Å²) >= 11 is 1.60. The number of rotatable bonds is 7. The van der Waals surface area contributed by atoms with E-state index in [9.17, 15) is 4.79 Å². The number of nitrogens with one attached hydrogen (secondary N) is 1. The Morgan fingerprint density at radius 3 is 2.61 bits per heavy atom. The Bertz CT molecular complexity index is 1180. The lowest BCUT2D eigenvalue weighted by molar-refractivity contribution is 0.0952. The Kier molecular flexibility index (Phi) is 6.13. The highest BCUT2D eigenvalue weighted by atomic mass is 32.1. The standard InChI is InChI=1S/C24H24N4O2S/c1-16-17(2)31-15-21(16)24(29)26-11-12-28-23(19-5-4-10-25-14-19)13-22(27-28)18-6-8-20(30-3)9-7-18/h4-10,13-15H,11-12H2,1-3H3,(H,26,29). The average Bonchev–Trinajstić information content (AvgIpc) is 3.38. The van der Waals surface area contributed by atoms with E-state index >= 15 is 0 Å². The zero-order valence-corrected chi connectivity index (χ0v) is 18.6. The Balaban J connectivity index is 1.55. The van der Waals surface area contributed by atoms with Gasteiger partial charge in [0, 0.05) is 40.3 Å². The van der Waals surface area contributed by atoms with Gasteiger partial charge in [0.25, 0.3) is 5.91 Å². The SMILES string of the molecule is COc1ccc(-c2cc(-c3cccnc3)n(CCNC(=O)c3csc(C)c3C)n2)cc1. The van der Waals surface area contributed by atoms with Gasteiger partial charge in [0.2, 0.25) is 0 Å². The van der Waals surface area contributed by atoms with Gasteiger partial charge in [0.15, 0.2) is 0 Å². The zero-order valence-electron chi connectivity index (χ0n) is 17.8. The third-order valence-electron chi connectivity index (χ3n) is 5.26. The molecule has 0 unspecified atom stereocenters. The second-order valence-corrected chi connectivity index (χ2v) is 8.28. The topological polar surface area (TPSA) is 69.0 Å². The van der Waals surface area contributed by atoms with Gasteiger partial charge >= 0.3 is 0 Å². The quantitative estimate of drug-likeness (QED) is 0.458. The Morgan fingerprint density at radius 1 is 1.16 bits per heavy atom. The number of carbonyl (C=O) groups excluding carboxylic acids is 1. The normalized spacial score (nSPS) is 10.8. The van der Waals surface area contributed by atoms with Crippen molar-refractivity contribution in [1.82, 2.24) is 20.1 Å². The average molecular weight is 433 g/mol. The van der Waals surface area contributed by atoms with Crippen LogP contribution in [0.2, 0.25) is 0 Å². The lowest BCUT2D eigenvalue weighted by Gasteiger charge is -2.09. The van der Waals surface area contributed by atoms with Gasteiger partial charge in [0.1, 0.15) is 5.75 Å². The van der Waals surface area contributed by atoms with Gasteiger partial charge in [-0.3, -0.25) is 14.5 Å². The van der Waals surface area contributed by atoms with Crippen LogP contribution in [-0.4, -0.2) is 34.3 Å². The molecule has 3 heterocycles. The van der Waals surface area contributed by atoms with Crippen molar-refractivity contribution in [3.05, 3.63) is 76.2 Å². The highest BCUT2D eigenvalue weighted by molar-refractivity contribution is 7.10. The van der Waals surface area contributed by atoms with Crippen LogP contribution in [0.3, 0.4) is 0 Å². The Hall–Kier alpha value is -3.45. The van der Waals surface area contributed by atoms with E-state index in [1.807, 2.05) is 72.6 Å². The van der Waals surface area contributed by atoms with Gasteiger partial charge in [-0.1, -0.05) is 0 Å². The van der Waals surface area contributed by atoms with Crippen molar-refractivity contribution in [2.24, 2.45) is 0 Å². The summed E-state index contributed by atoms with van der Waals surface area (Å²) in [5.41, 5.74) is 5.57. The van der Waals surface area contributed by atoms with Crippen LogP contribution in [0.25, 0.3) is 22.5 Å². The number of pyridine rings is 1. The molecule has 0 fully saturated rings. The molecule has 6 nitrogen and oxygen atoms in total. The number of hydrogen-bond donors (Lipinski definition) is 1. The smallest absolute Gasteiger partial charge is 0.252 e. The second-order valence-electron chi connectivity index (χ2n) is 7.19. The minimum absolute atomic E-state index is 0.0488. The molecule has 3 aromatic heterocycles. The van der Waals surface area contributed by atoms with Crippen molar-refractivity contribution in [2.45, 2.75) is 20.4 Å². The molecule has 0 aliphatic rings.